The van der Waals surface area contributed by atoms with Crippen LogP contribution in [-0.2, 0) is 22.4 Å². The smallest absolute Gasteiger partial charge is 0.332 e. The van der Waals surface area contributed by atoms with Crippen molar-refractivity contribution in [3.05, 3.63) is 64.7 Å². The minimum absolute atomic E-state index is 0.251. The van der Waals surface area contributed by atoms with Crippen LogP contribution in [0.2, 0.25) is 5.02 Å². The van der Waals surface area contributed by atoms with E-state index in [4.69, 9.17) is 16.3 Å². The Balaban J connectivity index is 1.96. The molecule has 108 valence electrons. The lowest BCUT2D eigenvalue weighted by molar-refractivity contribution is -0.145. The lowest BCUT2D eigenvalue weighted by Crippen LogP contribution is -2.48. The Hall–Kier alpha value is -2.00. The number of halogens is 1. The zero-order valence-corrected chi connectivity index (χ0v) is 12.5. The predicted octanol–water partition coefficient (Wildman–Crippen LogP) is 3.46. The van der Waals surface area contributed by atoms with Crippen molar-refractivity contribution in [2.75, 3.05) is 12.4 Å². The molecule has 2 aromatic carbocycles. The highest BCUT2D eigenvalue weighted by molar-refractivity contribution is 6.30. The molecule has 1 unspecified atom stereocenters. The van der Waals surface area contributed by atoms with Gasteiger partial charge in [0.15, 0.2) is 0 Å². The third kappa shape index (κ3) is 2.61. The number of hydrogen-bond acceptors (Lipinski definition) is 3. The molecule has 0 fully saturated rings. The van der Waals surface area contributed by atoms with E-state index in [-0.39, 0.29) is 5.97 Å². The molecule has 0 saturated carbocycles. The molecular weight excluding hydrogens is 286 g/mol. The monoisotopic (exact) mass is 301 g/mol. The summed E-state index contributed by atoms with van der Waals surface area (Å²) >= 11 is 6.05. The Kier molecular flexibility index (Phi) is 3.60. The number of esters is 1. The maximum absolute atomic E-state index is 12.4. The van der Waals surface area contributed by atoms with Gasteiger partial charge in [-0.05, 0) is 35.4 Å². The van der Waals surface area contributed by atoms with Crippen molar-refractivity contribution in [1.29, 1.82) is 0 Å². The van der Waals surface area contributed by atoms with Crippen molar-refractivity contribution in [1.82, 2.24) is 0 Å². The van der Waals surface area contributed by atoms with Gasteiger partial charge in [0.25, 0.3) is 0 Å². The Morgan fingerprint density at radius 1 is 1.14 bits per heavy atom. The summed E-state index contributed by atoms with van der Waals surface area (Å²) in [5.41, 5.74) is 2.37. The summed E-state index contributed by atoms with van der Waals surface area (Å²) in [6, 6.07) is 15.5. The average Bonchev–Trinajstić information content (AvgIpc) is 2.85. The number of methoxy groups -OCH3 is 1. The van der Waals surface area contributed by atoms with Crippen molar-refractivity contribution in [3.63, 3.8) is 0 Å². The first kappa shape index (κ1) is 14.0. The van der Waals surface area contributed by atoms with Crippen molar-refractivity contribution in [3.8, 4) is 0 Å². The van der Waals surface area contributed by atoms with Gasteiger partial charge < -0.3 is 10.1 Å². The topological polar surface area (TPSA) is 38.3 Å². The highest BCUT2D eigenvalue weighted by Gasteiger charge is 2.45. The van der Waals surface area contributed by atoms with Gasteiger partial charge >= 0.3 is 5.97 Å². The van der Waals surface area contributed by atoms with Gasteiger partial charge in [0.1, 0.15) is 5.54 Å². The maximum atomic E-state index is 12.4. The van der Waals surface area contributed by atoms with E-state index in [0.29, 0.717) is 17.9 Å². The zero-order valence-electron chi connectivity index (χ0n) is 11.7. The first-order valence-electron chi connectivity index (χ1n) is 6.82. The number of para-hydroxylation sites is 1. The third-order valence-electron chi connectivity index (χ3n) is 3.89. The molecule has 0 radical (unpaired) electrons. The molecule has 0 aromatic heterocycles. The molecule has 1 N–H and O–H groups in total. The molecular formula is C17H16ClNO2. The highest BCUT2D eigenvalue weighted by atomic mass is 35.5. The van der Waals surface area contributed by atoms with E-state index >= 15 is 0 Å². The molecule has 3 rings (SSSR count). The molecule has 1 atom stereocenters. The Bertz CT molecular complexity index is 672. The second-order valence-corrected chi connectivity index (χ2v) is 5.77. The van der Waals surface area contributed by atoms with Crippen molar-refractivity contribution in [2.45, 2.75) is 18.4 Å². The van der Waals surface area contributed by atoms with E-state index < -0.39 is 5.54 Å². The number of benzene rings is 2. The van der Waals surface area contributed by atoms with Gasteiger partial charge in [0, 0.05) is 23.6 Å². The quantitative estimate of drug-likeness (QED) is 0.882. The molecule has 1 aliphatic rings. The van der Waals surface area contributed by atoms with Crippen LogP contribution in [0.25, 0.3) is 0 Å². The van der Waals surface area contributed by atoms with Crippen LogP contribution in [0.3, 0.4) is 0 Å². The van der Waals surface area contributed by atoms with E-state index in [1.54, 1.807) is 0 Å². The molecule has 2 aromatic rings. The van der Waals surface area contributed by atoms with Crippen molar-refractivity contribution < 1.29 is 9.53 Å². The largest absolute Gasteiger partial charge is 0.467 e. The van der Waals surface area contributed by atoms with Gasteiger partial charge in [-0.3, -0.25) is 0 Å². The minimum Gasteiger partial charge on any atom is -0.467 e. The van der Waals surface area contributed by atoms with E-state index in [1.807, 2.05) is 48.5 Å². The summed E-state index contributed by atoms with van der Waals surface area (Å²) in [5.74, 6) is -0.251. The van der Waals surface area contributed by atoms with Crippen molar-refractivity contribution in [2.24, 2.45) is 0 Å². The number of anilines is 1. The predicted molar refractivity (Wildman–Crippen MR) is 83.7 cm³/mol. The molecule has 0 heterocycles. The lowest BCUT2D eigenvalue weighted by atomic mass is 9.95. The number of rotatable bonds is 3. The van der Waals surface area contributed by atoms with Gasteiger partial charge in [0.2, 0.25) is 0 Å². The number of ether oxygens (including phenoxy) is 1. The summed E-state index contributed by atoms with van der Waals surface area (Å²) in [6.45, 7) is 0. The second-order valence-electron chi connectivity index (χ2n) is 5.33. The van der Waals surface area contributed by atoms with Crippen LogP contribution in [0.5, 0.6) is 0 Å². The zero-order chi connectivity index (χ0) is 14.9. The Labute approximate surface area is 128 Å². The number of carbonyl (C=O) groups excluding carboxylic acids is 1. The first-order chi connectivity index (χ1) is 10.1. The van der Waals surface area contributed by atoms with Gasteiger partial charge in [-0.1, -0.05) is 35.9 Å². The van der Waals surface area contributed by atoms with Crippen LogP contribution in [0, 0.1) is 0 Å². The molecule has 0 amide bonds. The molecule has 0 bridgehead atoms. The SMILES string of the molecule is COC(=O)C1(Nc2ccccc2)Cc2ccc(Cl)cc2C1. The summed E-state index contributed by atoms with van der Waals surface area (Å²) in [6.07, 6.45) is 1.17. The number of carbonyl (C=O) groups is 1. The van der Waals surface area contributed by atoms with Crippen LogP contribution in [0.4, 0.5) is 5.69 Å². The fourth-order valence-corrected chi connectivity index (χ4v) is 3.12. The van der Waals surface area contributed by atoms with Crippen LogP contribution in [0.15, 0.2) is 48.5 Å². The van der Waals surface area contributed by atoms with Gasteiger partial charge in [-0.15, -0.1) is 0 Å². The Morgan fingerprint density at radius 3 is 2.57 bits per heavy atom. The molecule has 21 heavy (non-hydrogen) atoms. The summed E-state index contributed by atoms with van der Waals surface area (Å²) < 4.78 is 5.04. The Morgan fingerprint density at radius 2 is 1.86 bits per heavy atom. The number of fused-ring (bicyclic) bond motifs is 1. The first-order valence-corrected chi connectivity index (χ1v) is 7.20. The minimum atomic E-state index is -0.761. The lowest BCUT2D eigenvalue weighted by Gasteiger charge is -2.28. The molecule has 0 spiro atoms. The third-order valence-corrected chi connectivity index (χ3v) is 4.12. The molecule has 0 saturated heterocycles. The average molecular weight is 302 g/mol. The van der Waals surface area contributed by atoms with Crippen molar-refractivity contribution >= 4 is 23.3 Å². The van der Waals surface area contributed by atoms with Crippen LogP contribution >= 0.6 is 11.6 Å². The number of hydrogen-bond donors (Lipinski definition) is 1. The van der Waals surface area contributed by atoms with E-state index in [0.717, 1.165) is 16.8 Å². The summed E-state index contributed by atoms with van der Waals surface area (Å²) in [7, 11) is 1.42. The second kappa shape index (κ2) is 5.41. The summed E-state index contributed by atoms with van der Waals surface area (Å²) in [4.78, 5) is 12.4. The normalized spacial score (nSPS) is 19.9. The summed E-state index contributed by atoms with van der Waals surface area (Å²) in [5, 5.41) is 4.04. The standard InChI is InChI=1S/C17H16ClNO2/c1-21-16(20)17(19-15-5-3-2-4-6-15)10-12-7-8-14(18)9-13(12)11-17/h2-9,19H,10-11H2,1H3. The van der Waals surface area contributed by atoms with Crippen LogP contribution < -0.4 is 5.32 Å². The molecule has 0 aliphatic heterocycles. The van der Waals surface area contributed by atoms with Crippen LogP contribution in [-0.4, -0.2) is 18.6 Å². The highest BCUT2D eigenvalue weighted by Crippen LogP contribution is 2.35. The fraction of sp³-hybridized carbons (Fsp3) is 0.235. The molecule has 3 nitrogen and oxygen atoms in total. The van der Waals surface area contributed by atoms with Gasteiger partial charge in [-0.25, -0.2) is 4.79 Å². The van der Waals surface area contributed by atoms with E-state index in [9.17, 15) is 4.79 Å². The van der Waals surface area contributed by atoms with E-state index in [1.165, 1.54) is 7.11 Å². The molecule has 4 heteroatoms. The van der Waals surface area contributed by atoms with E-state index in [2.05, 4.69) is 5.32 Å². The van der Waals surface area contributed by atoms with Gasteiger partial charge in [-0.2, -0.15) is 0 Å². The number of nitrogens with one attached hydrogen (secondary N) is 1. The molecule has 1 aliphatic carbocycles. The van der Waals surface area contributed by atoms with Gasteiger partial charge in [0.05, 0.1) is 7.11 Å². The maximum Gasteiger partial charge on any atom is 0.332 e. The fourth-order valence-electron chi connectivity index (χ4n) is 2.92. The van der Waals surface area contributed by atoms with Crippen LogP contribution in [0.1, 0.15) is 11.1 Å².